The average molecular weight is 551 g/mol. The van der Waals surface area contributed by atoms with Crippen LogP contribution in [0.2, 0.25) is 0 Å². The smallest absolute Gasteiger partial charge is 0.340 e. The topological polar surface area (TPSA) is 129 Å². The number of fused-ring (bicyclic) bond motifs is 5. The summed E-state index contributed by atoms with van der Waals surface area (Å²) in [4.78, 5) is 30.9. The number of nitrogens with one attached hydrogen (secondary N) is 1. The third kappa shape index (κ3) is 4.62. The van der Waals surface area contributed by atoms with Gasteiger partial charge < -0.3 is 24.9 Å². The maximum atomic E-state index is 14.7. The normalized spacial score (nSPS) is 15.1. The predicted octanol–water partition coefficient (Wildman–Crippen LogP) is 4.07. The molecule has 2 aromatic carbocycles. The number of pyridine rings is 2. The van der Waals surface area contributed by atoms with E-state index in [9.17, 15) is 19.1 Å². The van der Waals surface area contributed by atoms with Gasteiger partial charge in [-0.1, -0.05) is 13.8 Å². The van der Waals surface area contributed by atoms with Crippen molar-refractivity contribution in [1.29, 1.82) is 0 Å². The number of aromatic nitrogens is 2. The summed E-state index contributed by atoms with van der Waals surface area (Å²) in [5.74, 6) is -1.28. The van der Waals surface area contributed by atoms with Crippen LogP contribution in [0.1, 0.15) is 42.2 Å². The Balaban J connectivity index is 0.00000151. The molecule has 0 radical (unpaired) electrons. The number of carbonyl (C=O) groups is 1. The van der Waals surface area contributed by atoms with Crippen molar-refractivity contribution in [3.63, 3.8) is 0 Å². The van der Waals surface area contributed by atoms with Gasteiger partial charge in [0.15, 0.2) is 17.7 Å². The van der Waals surface area contributed by atoms with E-state index in [1.165, 1.54) is 25.1 Å². The minimum atomic E-state index is -1.55. The number of ether oxygens (including phenoxy) is 2. The molecular formula is C28H27FN4O5S. The molecule has 2 aromatic heterocycles. The second-order valence-corrected chi connectivity index (χ2v) is 9.74. The highest BCUT2D eigenvalue weighted by atomic mass is 32.2. The van der Waals surface area contributed by atoms with Crippen molar-refractivity contribution >= 4 is 34.5 Å². The fraction of sp³-hybridized carbons (Fsp3) is 0.250. The molecule has 0 aliphatic carbocycles. The highest BCUT2D eigenvalue weighted by Crippen LogP contribution is 2.39. The number of rotatable bonds is 5. The number of benzene rings is 2. The summed E-state index contributed by atoms with van der Waals surface area (Å²) >= 11 is 1.41. The van der Waals surface area contributed by atoms with Crippen molar-refractivity contribution < 1.29 is 23.8 Å². The molecule has 39 heavy (non-hydrogen) atoms. The molecule has 2 aliphatic heterocycles. The molecule has 1 unspecified atom stereocenters. The third-order valence-electron chi connectivity index (χ3n) is 6.67. The first-order valence-electron chi connectivity index (χ1n) is 12.4. The van der Waals surface area contributed by atoms with E-state index in [4.69, 9.17) is 20.2 Å². The van der Waals surface area contributed by atoms with Gasteiger partial charge in [0.05, 0.1) is 36.1 Å². The number of anilines is 1. The minimum Gasteiger partial charge on any atom is -0.494 e. The molecule has 0 spiro atoms. The van der Waals surface area contributed by atoms with Gasteiger partial charge in [0.25, 0.3) is 5.56 Å². The molecule has 4 aromatic rings. The fourth-order valence-electron chi connectivity index (χ4n) is 4.80. The van der Waals surface area contributed by atoms with Crippen molar-refractivity contribution in [1.82, 2.24) is 14.3 Å². The number of cyclic esters (lactones) is 1. The van der Waals surface area contributed by atoms with Crippen LogP contribution in [0, 0.1) is 5.82 Å². The summed E-state index contributed by atoms with van der Waals surface area (Å²) in [6.45, 7) is 4.40. The summed E-state index contributed by atoms with van der Waals surface area (Å²) in [6.07, 6.45) is -1.55. The maximum absolute atomic E-state index is 14.7. The predicted molar refractivity (Wildman–Crippen MR) is 147 cm³/mol. The van der Waals surface area contributed by atoms with Gasteiger partial charge in [-0.3, -0.25) is 9.52 Å². The Labute approximate surface area is 227 Å². The number of esters is 1. The minimum absolute atomic E-state index is 0.0867. The van der Waals surface area contributed by atoms with Crippen LogP contribution in [0.4, 0.5) is 10.1 Å². The quantitative estimate of drug-likeness (QED) is 0.169. The standard InChI is InChI=1S/C26H21FN4O5S.C2H6/c1-35-22-7-14-16(9-29-37-13-4-2-12(28)3-5-13)17-10-31-21(23(17)30-20(14)8-19(22)27)6-15-18(25(31)33)11-36-26(34)24(15)32;1-2/h2-8,24,29,32H,9-11,28H2,1H3;1-2H3. The Morgan fingerprint density at radius 2 is 1.95 bits per heavy atom. The molecule has 0 saturated heterocycles. The van der Waals surface area contributed by atoms with Crippen molar-refractivity contribution in [2.45, 2.75) is 44.5 Å². The molecule has 0 fully saturated rings. The molecule has 202 valence electrons. The van der Waals surface area contributed by atoms with Gasteiger partial charge >= 0.3 is 5.97 Å². The van der Waals surface area contributed by atoms with Gasteiger partial charge in [-0.2, -0.15) is 0 Å². The van der Waals surface area contributed by atoms with Crippen LogP contribution in [0.15, 0.2) is 52.2 Å². The Hall–Kier alpha value is -3.93. The lowest BCUT2D eigenvalue weighted by atomic mass is 9.98. The lowest BCUT2D eigenvalue weighted by Gasteiger charge is -2.21. The summed E-state index contributed by atoms with van der Waals surface area (Å²) in [7, 11) is 1.40. The molecule has 0 saturated carbocycles. The second-order valence-electron chi connectivity index (χ2n) is 8.78. The molecule has 11 heteroatoms. The SMILES string of the molecule is CC.COc1cc2c(CNSc3ccc(N)cc3)c3c(nc2cc1F)-c1cc2c(c(=O)n1C3)COC(=O)C2O. The number of carbonyl (C=O) groups excluding carboxylic acids is 1. The lowest BCUT2D eigenvalue weighted by Crippen LogP contribution is -2.32. The zero-order valence-electron chi connectivity index (χ0n) is 21.6. The molecule has 0 amide bonds. The van der Waals surface area contributed by atoms with Gasteiger partial charge in [-0.05, 0) is 53.9 Å². The van der Waals surface area contributed by atoms with Gasteiger partial charge in [0, 0.05) is 39.7 Å². The molecule has 4 heterocycles. The van der Waals surface area contributed by atoms with Crippen molar-refractivity contribution in [3.05, 3.63) is 80.9 Å². The number of aliphatic hydroxyl groups is 1. The highest BCUT2D eigenvalue weighted by Gasteiger charge is 2.34. The first kappa shape index (κ1) is 26.7. The zero-order valence-corrected chi connectivity index (χ0v) is 22.4. The van der Waals surface area contributed by atoms with Gasteiger partial charge in [0.1, 0.15) is 6.61 Å². The maximum Gasteiger partial charge on any atom is 0.340 e. The number of methoxy groups -OCH3 is 1. The Bertz CT molecular complexity index is 1660. The molecule has 2 aliphatic rings. The van der Waals surface area contributed by atoms with Crippen molar-refractivity contribution in [2.24, 2.45) is 0 Å². The third-order valence-corrected chi connectivity index (χ3v) is 7.46. The molecular weight excluding hydrogens is 523 g/mol. The van der Waals surface area contributed by atoms with Gasteiger partial charge in [-0.15, -0.1) is 0 Å². The van der Waals surface area contributed by atoms with Crippen molar-refractivity contribution in [2.75, 3.05) is 12.8 Å². The summed E-state index contributed by atoms with van der Waals surface area (Å²) < 4.78 is 29.7. The van der Waals surface area contributed by atoms with E-state index < -0.39 is 17.9 Å². The van der Waals surface area contributed by atoms with Crippen LogP contribution in [0.3, 0.4) is 0 Å². The zero-order chi connectivity index (χ0) is 27.8. The molecule has 6 rings (SSSR count). The van der Waals surface area contributed by atoms with Crippen LogP contribution >= 0.6 is 11.9 Å². The largest absolute Gasteiger partial charge is 0.494 e. The van der Waals surface area contributed by atoms with E-state index in [-0.39, 0.29) is 35.6 Å². The van der Waals surface area contributed by atoms with E-state index in [1.54, 1.807) is 16.7 Å². The number of hydrogen-bond acceptors (Lipinski definition) is 9. The van der Waals surface area contributed by atoms with Crippen LogP contribution in [0.25, 0.3) is 22.3 Å². The van der Waals surface area contributed by atoms with Gasteiger partial charge in [-0.25, -0.2) is 14.2 Å². The molecule has 9 nitrogen and oxygen atoms in total. The number of aliphatic hydroxyl groups excluding tert-OH is 1. The summed E-state index contributed by atoms with van der Waals surface area (Å²) in [6, 6.07) is 11.9. The van der Waals surface area contributed by atoms with Crippen LogP contribution in [-0.2, 0) is 29.2 Å². The second kappa shape index (κ2) is 10.7. The fourth-order valence-corrected chi connectivity index (χ4v) is 5.45. The van der Waals surface area contributed by atoms with E-state index in [1.807, 2.05) is 38.1 Å². The molecule has 4 N–H and O–H groups in total. The van der Waals surface area contributed by atoms with Crippen LogP contribution < -0.4 is 20.8 Å². The Morgan fingerprint density at radius 1 is 1.21 bits per heavy atom. The van der Waals surface area contributed by atoms with E-state index in [0.29, 0.717) is 34.5 Å². The number of halogens is 1. The van der Waals surface area contributed by atoms with Gasteiger partial charge in [0.2, 0.25) is 0 Å². The Morgan fingerprint density at radius 3 is 2.67 bits per heavy atom. The number of nitrogen functional groups attached to an aromatic ring is 1. The first-order chi connectivity index (χ1) is 18.9. The van der Waals surface area contributed by atoms with Crippen molar-refractivity contribution in [3.8, 4) is 17.1 Å². The summed E-state index contributed by atoms with van der Waals surface area (Å²) in [5.41, 5.74) is 9.49. The monoisotopic (exact) mass is 550 g/mol. The molecule has 1 atom stereocenters. The number of hydrogen-bond donors (Lipinski definition) is 3. The summed E-state index contributed by atoms with van der Waals surface area (Å²) in [5, 5.41) is 11.1. The first-order valence-corrected chi connectivity index (χ1v) is 13.2. The Kier molecular flexibility index (Phi) is 7.30. The lowest BCUT2D eigenvalue weighted by molar-refractivity contribution is -0.157. The highest BCUT2D eigenvalue weighted by molar-refractivity contribution is 7.97. The number of nitrogens with zero attached hydrogens (tertiary/aromatic N) is 2. The van der Waals surface area contributed by atoms with E-state index in [0.717, 1.165) is 16.0 Å². The van der Waals surface area contributed by atoms with E-state index >= 15 is 0 Å². The average Bonchev–Trinajstić information content (AvgIpc) is 3.31. The van der Waals surface area contributed by atoms with E-state index in [2.05, 4.69) is 4.72 Å². The molecule has 0 bridgehead atoms. The number of nitrogens with two attached hydrogens (primary N) is 1. The van der Waals surface area contributed by atoms with Crippen LogP contribution in [-0.4, -0.2) is 27.7 Å². The van der Waals surface area contributed by atoms with Crippen LogP contribution in [0.5, 0.6) is 5.75 Å².